The molecule has 146 valence electrons. The lowest BCUT2D eigenvalue weighted by molar-refractivity contribution is -0.117. The smallest absolute Gasteiger partial charge is 0.253 e. The number of aryl methyl sites for hydroxylation is 1. The molecule has 1 aliphatic heterocycles. The molecule has 1 aliphatic rings. The molecule has 1 aromatic heterocycles. The van der Waals surface area contributed by atoms with Crippen LogP contribution in [0.2, 0.25) is 0 Å². The van der Waals surface area contributed by atoms with Crippen molar-refractivity contribution in [1.29, 1.82) is 0 Å². The minimum Gasteiger partial charge on any atom is -0.348 e. The molecule has 0 spiro atoms. The Morgan fingerprint density at radius 1 is 1.07 bits per heavy atom. The number of nitrogens with zero attached hydrogens (tertiary/aromatic N) is 2. The van der Waals surface area contributed by atoms with Crippen LogP contribution in [-0.4, -0.2) is 23.3 Å². The molecule has 5 nitrogen and oxygen atoms in total. The molecule has 4 rings (SSSR count). The average molecular weight is 385 g/mol. The first-order valence-electron chi connectivity index (χ1n) is 9.82. The minimum absolute atomic E-state index is 0.155. The monoisotopic (exact) mass is 385 g/mol. The Hall–Kier alpha value is -3.47. The van der Waals surface area contributed by atoms with E-state index >= 15 is 0 Å². The van der Waals surface area contributed by atoms with Crippen molar-refractivity contribution in [2.24, 2.45) is 0 Å². The van der Waals surface area contributed by atoms with Gasteiger partial charge in [0.05, 0.1) is 17.0 Å². The molecule has 2 aromatic carbocycles. The first-order chi connectivity index (χ1) is 14.1. The molecule has 0 saturated carbocycles. The SMILES string of the molecule is Cc1nc(-c2ccccc2)ccc1C(=O)NCc1cccc(N2CCCC2=O)c1. The van der Waals surface area contributed by atoms with E-state index in [0.29, 0.717) is 24.2 Å². The van der Waals surface area contributed by atoms with Crippen LogP contribution in [0.4, 0.5) is 5.69 Å². The molecule has 29 heavy (non-hydrogen) atoms. The van der Waals surface area contributed by atoms with Gasteiger partial charge in [-0.05, 0) is 43.2 Å². The third kappa shape index (κ3) is 4.19. The largest absolute Gasteiger partial charge is 0.348 e. The maximum Gasteiger partial charge on any atom is 0.253 e. The Morgan fingerprint density at radius 2 is 1.90 bits per heavy atom. The van der Waals surface area contributed by atoms with Crippen LogP contribution in [0.1, 0.15) is 34.5 Å². The lowest BCUT2D eigenvalue weighted by Gasteiger charge is -2.17. The van der Waals surface area contributed by atoms with E-state index in [9.17, 15) is 9.59 Å². The Bertz CT molecular complexity index is 1050. The van der Waals surface area contributed by atoms with E-state index in [1.165, 1.54) is 0 Å². The molecule has 3 aromatic rings. The van der Waals surface area contributed by atoms with E-state index in [1.807, 2.05) is 78.6 Å². The molecule has 2 amide bonds. The first kappa shape index (κ1) is 18.9. The molecule has 0 bridgehead atoms. The van der Waals surface area contributed by atoms with Crippen molar-refractivity contribution in [2.75, 3.05) is 11.4 Å². The summed E-state index contributed by atoms with van der Waals surface area (Å²) >= 11 is 0. The number of amides is 2. The number of hydrogen-bond donors (Lipinski definition) is 1. The average Bonchev–Trinajstić information content (AvgIpc) is 3.18. The van der Waals surface area contributed by atoms with Gasteiger partial charge in [-0.1, -0.05) is 42.5 Å². The van der Waals surface area contributed by atoms with Gasteiger partial charge in [0.15, 0.2) is 0 Å². The summed E-state index contributed by atoms with van der Waals surface area (Å²) in [7, 11) is 0. The number of pyridine rings is 1. The van der Waals surface area contributed by atoms with Crippen molar-refractivity contribution in [3.63, 3.8) is 0 Å². The molecule has 1 saturated heterocycles. The molecule has 5 heteroatoms. The molecule has 2 heterocycles. The maximum atomic E-state index is 12.7. The molecule has 0 aliphatic carbocycles. The van der Waals surface area contributed by atoms with Crippen molar-refractivity contribution in [1.82, 2.24) is 10.3 Å². The summed E-state index contributed by atoms with van der Waals surface area (Å²) in [6, 6.07) is 21.4. The van der Waals surface area contributed by atoms with E-state index < -0.39 is 0 Å². The van der Waals surface area contributed by atoms with Gasteiger partial charge >= 0.3 is 0 Å². The fraction of sp³-hybridized carbons (Fsp3) is 0.208. The number of anilines is 1. The van der Waals surface area contributed by atoms with E-state index in [1.54, 1.807) is 0 Å². The van der Waals surface area contributed by atoms with Crippen molar-refractivity contribution in [3.05, 3.63) is 83.6 Å². The standard InChI is InChI=1S/C24H23N3O2/c1-17-21(12-13-22(26-17)19-8-3-2-4-9-19)24(29)25-16-18-7-5-10-20(15-18)27-14-6-11-23(27)28/h2-5,7-10,12-13,15H,6,11,14,16H2,1H3,(H,25,29). The highest BCUT2D eigenvalue weighted by atomic mass is 16.2. The third-order valence-corrected chi connectivity index (χ3v) is 5.15. The van der Waals surface area contributed by atoms with Gasteiger partial charge in [-0.15, -0.1) is 0 Å². The molecular weight excluding hydrogens is 362 g/mol. The normalized spacial score (nSPS) is 13.6. The third-order valence-electron chi connectivity index (χ3n) is 5.15. The summed E-state index contributed by atoms with van der Waals surface area (Å²) in [5, 5.41) is 2.96. The second-order valence-electron chi connectivity index (χ2n) is 7.20. The number of aromatic nitrogens is 1. The van der Waals surface area contributed by atoms with Crippen LogP contribution in [0.5, 0.6) is 0 Å². The lowest BCUT2D eigenvalue weighted by atomic mass is 10.1. The van der Waals surface area contributed by atoms with Gasteiger partial charge in [0.1, 0.15) is 0 Å². The highest BCUT2D eigenvalue weighted by Crippen LogP contribution is 2.22. The molecule has 1 fully saturated rings. The van der Waals surface area contributed by atoms with Gasteiger partial charge in [0, 0.05) is 30.8 Å². The van der Waals surface area contributed by atoms with Gasteiger partial charge in [-0.2, -0.15) is 0 Å². The quantitative estimate of drug-likeness (QED) is 0.719. The van der Waals surface area contributed by atoms with Crippen molar-refractivity contribution in [3.8, 4) is 11.3 Å². The highest BCUT2D eigenvalue weighted by molar-refractivity contribution is 5.96. The number of rotatable bonds is 5. The van der Waals surface area contributed by atoms with E-state index in [4.69, 9.17) is 0 Å². The first-order valence-corrected chi connectivity index (χ1v) is 9.82. The summed E-state index contributed by atoms with van der Waals surface area (Å²) in [5.41, 5.74) is 4.99. The predicted molar refractivity (Wildman–Crippen MR) is 114 cm³/mol. The van der Waals surface area contributed by atoms with Crippen LogP contribution in [0.25, 0.3) is 11.3 Å². The van der Waals surface area contributed by atoms with Crippen LogP contribution in [-0.2, 0) is 11.3 Å². The topological polar surface area (TPSA) is 62.3 Å². The lowest BCUT2D eigenvalue weighted by Crippen LogP contribution is -2.25. The summed E-state index contributed by atoms with van der Waals surface area (Å²) in [5.74, 6) is 0.00338. The van der Waals surface area contributed by atoms with Crippen LogP contribution < -0.4 is 10.2 Å². The van der Waals surface area contributed by atoms with Crippen LogP contribution >= 0.6 is 0 Å². The van der Waals surface area contributed by atoms with Crippen molar-refractivity contribution < 1.29 is 9.59 Å². The van der Waals surface area contributed by atoms with Crippen LogP contribution in [0.3, 0.4) is 0 Å². The Kier molecular flexibility index (Phi) is 5.38. The zero-order valence-electron chi connectivity index (χ0n) is 16.4. The van der Waals surface area contributed by atoms with Crippen molar-refractivity contribution >= 4 is 17.5 Å². The second-order valence-corrected chi connectivity index (χ2v) is 7.20. The minimum atomic E-state index is -0.155. The van der Waals surface area contributed by atoms with Crippen LogP contribution in [0, 0.1) is 6.92 Å². The maximum absolute atomic E-state index is 12.7. The highest BCUT2D eigenvalue weighted by Gasteiger charge is 2.21. The number of nitrogens with one attached hydrogen (secondary N) is 1. The zero-order chi connectivity index (χ0) is 20.2. The van der Waals surface area contributed by atoms with Gasteiger partial charge < -0.3 is 10.2 Å². The summed E-state index contributed by atoms with van der Waals surface area (Å²) in [4.78, 5) is 31.0. The molecule has 0 unspecified atom stereocenters. The number of carbonyl (C=O) groups is 2. The molecule has 1 N–H and O–H groups in total. The fourth-order valence-corrected chi connectivity index (χ4v) is 3.60. The molecular formula is C24H23N3O2. The van der Waals surface area contributed by atoms with Crippen molar-refractivity contribution in [2.45, 2.75) is 26.3 Å². The van der Waals surface area contributed by atoms with Gasteiger partial charge in [-0.3, -0.25) is 14.6 Å². The van der Waals surface area contributed by atoms with Gasteiger partial charge in [-0.25, -0.2) is 0 Å². The second kappa shape index (κ2) is 8.27. The van der Waals surface area contributed by atoms with E-state index in [-0.39, 0.29) is 11.8 Å². The predicted octanol–water partition coefficient (Wildman–Crippen LogP) is 4.11. The number of benzene rings is 2. The van der Waals surface area contributed by atoms with Gasteiger partial charge in [0.25, 0.3) is 5.91 Å². The number of carbonyl (C=O) groups excluding carboxylic acids is 2. The van der Waals surface area contributed by atoms with E-state index in [2.05, 4.69) is 10.3 Å². The number of hydrogen-bond acceptors (Lipinski definition) is 3. The summed E-state index contributed by atoms with van der Waals surface area (Å²) < 4.78 is 0. The molecule has 0 atom stereocenters. The Morgan fingerprint density at radius 3 is 2.62 bits per heavy atom. The Labute approximate surface area is 170 Å². The molecule has 0 radical (unpaired) electrons. The Balaban J connectivity index is 1.44. The summed E-state index contributed by atoms with van der Waals surface area (Å²) in [6.07, 6.45) is 1.50. The van der Waals surface area contributed by atoms with Gasteiger partial charge in [0.2, 0.25) is 5.91 Å². The zero-order valence-corrected chi connectivity index (χ0v) is 16.4. The van der Waals surface area contributed by atoms with Crippen LogP contribution in [0.15, 0.2) is 66.7 Å². The van der Waals surface area contributed by atoms with E-state index in [0.717, 1.165) is 35.5 Å². The summed E-state index contributed by atoms with van der Waals surface area (Å²) in [6.45, 7) is 3.00. The fourth-order valence-electron chi connectivity index (χ4n) is 3.60.